The average Bonchev–Trinajstić information content (AvgIpc) is 2.71. The average molecular weight is 440 g/mol. The van der Waals surface area contributed by atoms with E-state index in [-0.39, 0.29) is 30.8 Å². The lowest BCUT2D eigenvalue weighted by molar-refractivity contribution is -0.127. The van der Waals surface area contributed by atoms with Gasteiger partial charge >= 0.3 is 6.09 Å². The molecule has 31 heavy (non-hydrogen) atoms. The topological polar surface area (TPSA) is 114 Å². The van der Waals surface area contributed by atoms with Gasteiger partial charge in [0.1, 0.15) is 18.4 Å². The summed E-state index contributed by atoms with van der Waals surface area (Å²) in [6.45, 7) is 6.62. The number of amides is 3. The van der Waals surface area contributed by atoms with Crippen LogP contribution in [0.3, 0.4) is 0 Å². The number of ether oxygens (including phenoxy) is 1. The van der Waals surface area contributed by atoms with Crippen molar-refractivity contribution < 1.29 is 23.9 Å². The number of alkyl carbamates (subject to hydrolysis) is 1. The fraction of sp³-hybridized carbons (Fsp3) is 0.826. The highest BCUT2D eigenvalue weighted by Crippen LogP contribution is 2.15. The van der Waals surface area contributed by atoms with Crippen LogP contribution in [0, 0.1) is 5.92 Å². The fourth-order valence-corrected chi connectivity index (χ4v) is 3.65. The summed E-state index contributed by atoms with van der Waals surface area (Å²) in [6.07, 6.45) is 8.07. The van der Waals surface area contributed by atoms with Crippen LogP contribution in [-0.4, -0.2) is 48.9 Å². The molecular weight excluding hydrogens is 398 g/mol. The first-order valence-corrected chi connectivity index (χ1v) is 11.8. The zero-order chi connectivity index (χ0) is 23.1. The van der Waals surface area contributed by atoms with Gasteiger partial charge in [-0.2, -0.15) is 0 Å². The molecule has 3 N–H and O–H groups in total. The molecule has 0 aromatic rings. The van der Waals surface area contributed by atoms with E-state index >= 15 is 0 Å². The van der Waals surface area contributed by atoms with Crippen LogP contribution in [0.2, 0.25) is 0 Å². The van der Waals surface area contributed by atoms with Crippen LogP contribution in [0.5, 0.6) is 0 Å². The maximum absolute atomic E-state index is 12.7. The van der Waals surface area contributed by atoms with Crippen LogP contribution in [0.1, 0.15) is 91.4 Å². The molecule has 0 radical (unpaired) electrons. The van der Waals surface area contributed by atoms with E-state index in [2.05, 4.69) is 22.9 Å². The molecule has 1 heterocycles. The highest BCUT2D eigenvalue weighted by Gasteiger charge is 2.26. The minimum atomic E-state index is -0.796. The molecule has 1 saturated heterocycles. The summed E-state index contributed by atoms with van der Waals surface area (Å²) in [6, 6.07) is -1.57. The molecule has 0 aromatic heterocycles. The van der Waals surface area contributed by atoms with Gasteiger partial charge in [-0.3, -0.25) is 9.59 Å². The third kappa shape index (κ3) is 12.4. The smallest absolute Gasteiger partial charge is 0.408 e. The van der Waals surface area contributed by atoms with Crippen LogP contribution in [-0.2, 0) is 19.1 Å². The molecule has 1 aliphatic heterocycles. The van der Waals surface area contributed by atoms with Crippen molar-refractivity contribution in [2.24, 2.45) is 5.92 Å². The summed E-state index contributed by atoms with van der Waals surface area (Å²) in [5.41, 5.74) is 0. The predicted molar refractivity (Wildman–Crippen MR) is 119 cm³/mol. The Balaban J connectivity index is 2.89. The van der Waals surface area contributed by atoms with Crippen molar-refractivity contribution in [3.05, 3.63) is 0 Å². The summed E-state index contributed by atoms with van der Waals surface area (Å²) in [5, 5.41) is 8.21. The Bertz CT molecular complexity index is 567. The molecule has 1 fully saturated rings. The molecule has 0 aliphatic carbocycles. The van der Waals surface area contributed by atoms with Gasteiger partial charge in [0.15, 0.2) is 0 Å². The van der Waals surface area contributed by atoms with Gasteiger partial charge in [0, 0.05) is 13.0 Å². The van der Waals surface area contributed by atoms with E-state index in [0.717, 1.165) is 51.4 Å². The van der Waals surface area contributed by atoms with Crippen LogP contribution in [0.25, 0.3) is 0 Å². The Morgan fingerprint density at radius 2 is 1.84 bits per heavy atom. The maximum atomic E-state index is 12.7. The second-order valence-corrected chi connectivity index (χ2v) is 8.84. The number of carbonyl (C=O) groups excluding carboxylic acids is 4. The number of unbranched alkanes of at least 4 members (excludes halogenated alkanes) is 2. The fourth-order valence-electron chi connectivity index (χ4n) is 3.65. The van der Waals surface area contributed by atoms with E-state index in [0.29, 0.717) is 19.3 Å². The van der Waals surface area contributed by atoms with E-state index in [1.165, 1.54) is 0 Å². The van der Waals surface area contributed by atoms with E-state index in [1.807, 2.05) is 13.8 Å². The lowest BCUT2D eigenvalue weighted by Crippen LogP contribution is -2.51. The Kier molecular flexibility index (Phi) is 13.6. The van der Waals surface area contributed by atoms with Gasteiger partial charge in [-0.1, -0.05) is 40.0 Å². The highest BCUT2D eigenvalue weighted by atomic mass is 16.6. The van der Waals surface area contributed by atoms with Crippen LogP contribution >= 0.6 is 0 Å². The largest absolute Gasteiger partial charge is 0.446 e. The molecule has 1 aliphatic rings. The number of rotatable bonds is 7. The van der Waals surface area contributed by atoms with Crippen molar-refractivity contribution in [2.45, 2.75) is 110 Å². The molecule has 8 nitrogen and oxygen atoms in total. The van der Waals surface area contributed by atoms with E-state index in [4.69, 9.17) is 4.74 Å². The second-order valence-electron chi connectivity index (χ2n) is 8.84. The number of cyclic esters (lactones) is 1. The Labute approximate surface area is 186 Å². The normalized spacial score (nSPS) is 25.0. The standard InChI is InChI=1S/C23H41N3O5/c1-4-5-7-10-19-11-8-6-9-14-24-21(28)13-12-18(16-27)25-22(29)20(15-17(2)3)26-23(30)31-19/h16-20H,4-15H2,1-3H3,(H,24,28)(H,25,29)(H,26,30)/t18-,19+,20-/m0/s1. The Hall–Kier alpha value is -2.12. The third-order valence-electron chi connectivity index (χ3n) is 5.42. The highest BCUT2D eigenvalue weighted by molar-refractivity contribution is 5.87. The van der Waals surface area contributed by atoms with Crippen molar-refractivity contribution in [1.29, 1.82) is 0 Å². The summed E-state index contributed by atoms with van der Waals surface area (Å²) in [7, 11) is 0. The van der Waals surface area contributed by atoms with E-state index < -0.39 is 24.1 Å². The van der Waals surface area contributed by atoms with Gasteiger partial charge in [0.25, 0.3) is 0 Å². The Morgan fingerprint density at radius 3 is 2.52 bits per heavy atom. The van der Waals surface area contributed by atoms with Crippen molar-refractivity contribution in [2.75, 3.05) is 6.54 Å². The molecule has 3 atom stereocenters. The second kappa shape index (κ2) is 15.6. The molecule has 0 unspecified atom stereocenters. The molecule has 1 rings (SSSR count). The quantitative estimate of drug-likeness (QED) is 0.416. The maximum Gasteiger partial charge on any atom is 0.408 e. The number of aldehydes is 1. The number of hydrogen-bond acceptors (Lipinski definition) is 5. The third-order valence-corrected chi connectivity index (χ3v) is 5.42. The van der Waals surface area contributed by atoms with Gasteiger partial charge in [-0.05, 0) is 50.9 Å². The van der Waals surface area contributed by atoms with Gasteiger partial charge in [0.2, 0.25) is 11.8 Å². The predicted octanol–water partition coefficient (Wildman–Crippen LogP) is 3.23. The van der Waals surface area contributed by atoms with Gasteiger partial charge in [-0.25, -0.2) is 4.79 Å². The summed E-state index contributed by atoms with van der Waals surface area (Å²) in [4.78, 5) is 48.7. The lowest BCUT2D eigenvalue weighted by Gasteiger charge is -2.24. The van der Waals surface area contributed by atoms with Gasteiger partial charge in [-0.15, -0.1) is 0 Å². The summed E-state index contributed by atoms with van der Waals surface area (Å²) in [5.74, 6) is -0.404. The minimum Gasteiger partial charge on any atom is -0.446 e. The van der Waals surface area contributed by atoms with Crippen molar-refractivity contribution in [3.8, 4) is 0 Å². The first-order valence-electron chi connectivity index (χ1n) is 11.8. The first kappa shape index (κ1) is 26.9. The Morgan fingerprint density at radius 1 is 1.06 bits per heavy atom. The molecule has 0 bridgehead atoms. The van der Waals surface area contributed by atoms with E-state index in [9.17, 15) is 19.2 Å². The molecule has 178 valence electrons. The summed E-state index contributed by atoms with van der Waals surface area (Å²) < 4.78 is 5.68. The SMILES string of the molecule is CCCCC[C@@H]1CCCCCNC(=O)CC[C@@H](C=O)NC(=O)[C@H](CC(C)C)NC(=O)O1. The van der Waals surface area contributed by atoms with Crippen molar-refractivity contribution >= 4 is 24.2 Å². The molecular formula is C23H41N3O5. The minimum absolute atomic E-state index is 0.127. The summed E-state index contributed by atoms with van der Waals surface area (Å²) >= 11 is 0. The first-order chi connectivity index (χ1) is 14.8. The zero-order valence-corrected chi connectivity index (χ0v) is 19.4. The van der Waals surface area contributed by atoms with Gasteiger partial charge < -0.3 is 25.5 Å². The van der Waals surface area contributed by atoms with Gasteiger partial charge in [0.05, 0.1) is 6.04 Å². The molecule has 0 spiro atoms. The van der Waals surface area contributed by atoms with E-state index in [1.54, 1.807) is 0 Å². The van der Waals surface area contributed by atoms with Crippen molar-refractivity contribution in [3.63, 3.8) is 0 Å². The number of hydrogen-bond donors (Lipinski definition) is 3. The van der Waals surface area contributed by atoms with Crippen LogP contribution < -0.4 is 16.0 Å². The van der Waals surface area contributed by atoms with Crippen LogP contribution in [0.4, 0.5) is 4.79 Å². The monoisotopic (exact) mass is 439 g/mol. The zero-order valence-electron chi connectivity index (χ0n) is 19.4. The number of nitrogens with one attached hydrogen (secondary N) is 3. The molecule has 8 heteroatoms. The molecule has 3 amide bonds. The number of carbonyl (C=O) groups is 4. The molecule has 0 aromatic carbocycles. The van der Waals surface area contributed by atoms with Crippen LogP contribution in [0.15, 0.2) is 0 Å². The molecule has 0 saturated carbocycles. The van der Waals surface area contributed by atoms with Crippen molar-refractivity contribution in [1.82, 2.24) is 16.0 Å². The lowest BCUT2D eigenvalue weighted by atomic mass is 10.0.